The summed E-state index contributed by atoms with van der Waals surface area (Å²) >= 11 is 7.76. The van der Waals surface area contributed by atoms with Crippen molar-refractivity contribution < 1.29 is 17.9 Å². The van der Waals surface area contributed by atoms with E-state index in [1.807, 2.05) is 38.1 Å². The van der Waals surface area contributed by atoms with E-state index in [-0.39, 0.29) is 21.3 Å². The zero-order valence-electron chi connectivity index (χ0n) is 16.9. The van der Waals surface area contributed by atoms with Gasteiger partial charge in [0.25, 0.3) is 0 Å². The van der Waals surface area contributed by atoms with E-state index in [0.717, 1.165) is 5.56 Å². The molecule has 1 aliphatic rings. The Bertz CT molecular complexity index is 977. The number of amides is 1. The minimum atomic E-state index is -3.55. The number of hydrogen-bond donors (Lipinski definition) is 1. The molecule has 9 heteroatoms. The predicted octanol–water partition coefficient (Wildman–Crippen LogP) is 4.18. The average Bonchev–Trinajstić information content (AvgIpc) is 2.75. The van der Waals surface area contributed by atoms with Crippen LogP contribution in [0.25, 0.3) is 0 Å². The Hall–Kier alpha value is -1.58. The summed E-state index contributed by atoms with van der Waals surface area (Å²) in [6.07, 6.45) is 0. The number of halogens is 1. The smallest absolute Gasteiger partial charge is 0.243 e. The summed E-state index contributed by atoms with van der Waals surface area (Å²) in [6, 6.07) is 13.9. The summed E-state index contributed by atoms with van der Waals surface area (Å²) < 4.78 is 32.0. The van der Waals surface area contributed by atoms with Gasteiger partial charge in [-0.25, -0.2) is 8.42 Å². The maximum absolute atomic E-state index is 12.7. The van der Waals surface area contributed by atoms with Gasteiger partial charge in [-0.3, -0.25) is 4.79 Å². The molecule has 0 aromatic heterocycles. The van der Waals surface area contributed by atoms with Crippen molar-refractivity contribution >= 4 is 45.0 Å². The van der Waals surface area contributed by atoms with Crippen LogP contribution in [0, 0.1) is 0 Å². The van der Waals surface area contributed by atoms with Gasteiger partial charge < -0.3 is 10.1 Å². The summed E-state index contributed by atoms with van der Waals surface area (Å²) in [5, 5.41) is 3.28. The largest absolute Gasteiger partial charge is 0.379 e. The molecule has 162 valence electrons. The molecule has 2 aromatic rings. The van der Waals surface area contributed by atoms with Crippen LogP contribution < -0.4 is 5.32 Å². The van der Waals surface area contributed by atoms with Crippen LogP contribution in [0.15, 0.2) is 53.4 Å². The zero-order chi connectivity index (χ0) is 21.7. The molecule has 0 aliphatic carbocycles. The molecule has 1 aliphatic heterocycles. The van der Waals surface area contributed by atoms with Gasteiger partial charge in [0.05, 0.1) is 23.4 Å². The number of morpholine rings is 1. The van der Waals surface area contributed by atoms with Crippen molar-refractivity contribution in [1.82, 2.24) is 4.31 Å². The number of anilines is 1. The number of benzene rings is 2. The van der Waals surface area contributed by atoms with Crippen molar-refractivity contribution in [3.05, 3.63) is 59.1 Å². The molecule has 1 saturated heterocycles. The molecule has 2 atom stereocenters. The van der Waals surface area contributed by atoms with Crippen LogP contribution in [-0.4, -0.2) is 50.2 Å². The molecule has 0 spiro atoms. The molecule has 0 saturated carbocycles. The molecule has 0 bridgehead atoms. The first-order valence-electron chi connectivity index (χ1n) is 9.68. The van der Waals surface area contributed by atoms with Crippen molar-refractivity contribution in [2.45, 2.75) is 29.2 Å². The molecule has 30 heavy (non-hydrogen) atoms. The highest BCUT2D eigenvalue weighted by Gasteiger charge is 2.26. The van der Waals surface area contributed by atoms with E-state index >= 15 is 0 Å². The Balaban J connectivity index is 1.60. The van der Waals surface area contributed by atoms with Gasteiger partial charge >= 0.3 is 0 Å². The number of rotatable bonds is 7. The standard InChI is InChI=1S/C21H25ClN2O4S2/c1-15(19-5-3-4-6-20(19)22)29-16(2)21(25)23-17-7-9-18(10-8-17)30(26,27)24-11-13-28-14-12-24/h3-10,15-16H,11-14H2,1-2H3,(H,23,25). The van der Waals surface area contributed by atoms with E-state index in [1.165, 1.54) is 28.2 Å². The van der Waals surface area contributed by atoms with Gasteiger partial charge in [-0.1, -0.05) is 29.8 Å². The predicted molar refractivity (Wildman–Crippen MR) is 122 cm³/mol. The van der Waals surface area contributed by atoms with E-state index in [1.54, 1.807) is 12.1 Å². The van der Waals surface area contributed by atoms with E-state index in [9.17, 15) is 13.2 Å². The second-order valence-corrected chi connectivity index (χ2v) is 11.0. The fourth-order valence-corrected chi connectivity index (χ4v) is 6.06. The SMILES string of the molecule is CC(SC(C)c1ccccc1Cl)C(=O)Nc1ccc(S(=O)(=O)N2CCOCC2)cc1. The molecule has 2 unspecified atom stereocenters. The van der Waals surface area contributed by atoms with Gasteiger partial charge in [0.15, 0.2) is 0 Å². The molecule has 2 aromatic carbocycles. The normalized spacial score (nSPS) is 17.3. The van der Waals surface area contributed by atoms with Gasteiger partial charge in [-0.05, 0) is 49.7 Å². The van der Waals surface area contributed by atoms with Gasteiger partial charge in [0.2, 0.25) is 15.9 Å². The summed E-state index contributed by atoms with van der Waals surface area (Å²) in [5.41, 5.74) is 1.54. The van der Waals surface area contributed by atoms with Crippen molar-refractivity contribution in [2.24, 2.45) is 0 Å². The molecule has 1 N–H and O–H groups in total. The maximum Gasteiger partial charge on any atom is 0.243 e. The first kappa shape index (κ1) is 23.1. The van der Waals surface area contributed by atoms with Crippen LogP contribution in [0.2, 0.25) is 5.02 Å². The van der Waals surface area contributed by atoms with Crippen LogP contribution in [0.4, 0.5) is 5.69 Å². The van der Waals surface area contributed by atoms with Gasteiger partial charge in [0.1, 0.15) is 0 Å². The Morgan fingerprint density at radius 3 is 2.37 bits per heavy atom. The monoisotopic (exact) mass is 468 g/mol. The fraction of sp³-hybridized carbons (Fsp3) is 0.381. The molecular weight excluding hydrogens is 444 g/mol. The number of nitrogens with one attached hydrogen (secondary N) is 1. The highest BCUT2D eigenvalue weighted by molar-refractivity contribution is 8.00. The fourth-order valence-electron chi connectivity index (χ4n) is 3.14. The van der Waals surface area contributed by atoms with Crippen LogP contribution >= 0.6 is 23.4 Å². The Kier molecular flexibility index (Phi) is 7.81. The van der Waals surface area contributed by atoms with Crippen LogP contribution in [-0.2, 0) is 19.6 Å². The van der Waals surface area contributed by atoms with Crippen LogP contribution in [0.1, 0.15) is 24.7 Å². The lowest BCUT2D eigenvalue weighted by Gasteiger charge is -2.26. The molecule has 0 radical (unpaired) electrons. The number of nitrogens with zero attached hydrogens (tertiary/aromatic N) is 1. The lowest BCUT2D eigenvalue weighted by atomic mass is 10.2. The quantitative estimate of drug-likeness (QED) is 0.659. The third-order valence-corrected chi connectivity index (χ3v) is 8.39. The minimum Gasteiger partial charge on any atom is -0.379 e. The first-order valence-corrected chi connectivity index (χ1v) is 12.4. The number of hydrogen-bond acceptors (Lipinski definition) is 5. The summed E-state index contributed by atoms with van der Waals surface area (Å²) in [5.74, 6) is -0.150. The van der Waals surface area contributed by atoms with E-state index in [4.69, 9.17) is 16.3 Å². The molecule has 1 heterocycles. The number of sulfonamides is 1. The summed E-state index contributed by atoms with van der Waals surface area (Å²) in [4.78, 5) is 12.8. The highest BCUT2D eigenvalue weighted by Crippen LogP contribution is 2.35. The number of thioether (sulfide) groups is 1. The molecule has 1 fully saturated rings. The van der Waals surface area contributed by atoms with Crippen LogP contribution in [0.5, 0.6) is 0 Å². The summed E-state index contributed by atoms with van der Waals surface area (Å²) in [6.45, 7) is 5.34. The Labute approximate surface area is 187 Å². The average molecular weight is 469 g/mol. The Morgan fingerprint density at radius 2 is 1.73 bits per heavy atom. The van der Waals surface area contributed by atoms with E-state index in [2.05, 4.69) is 5.32 Å². The van der Waals surface area contributed by atoms with Gasteiger partial charge in [0, 0.05) is 29.0 Å². The van der Waals surface area contributed by atoms with Crippen molar-refractivity contribution in [3.63, 3.8) is 0 Å². The third-order valence-electron chi connectivity index (χ3n) is 4.85. The number of ether oxygens (including phenoxy) is 1. The minimum absolute atomic E-state index is 0.0560. The number of carbonyl (C=O) groups is 1. The van der Waals surface area contributed by atoms with E-state index < -0.39 is 10.0 Å². The molecular formula is C21H25ClN2O4S2. The van der Waals surface area contributed by atoms with Crippen molar-refractivity contribution in [2.75, 3.05) is 31.6 Å². The highest BCUT2D eigenvalue weighted by atomic mass is 35.5. The van der Waals surface area contributed by atoms with Gasteiger partial charge in [-0.15, -0.1) is 11.8 Å². The zero-order valence-corrected chi connectivity index (χ0v) is 19.3. The van der Waals surface area contributed by atoms with Crippen molar-refractivity contribution in [3.8, 4) is 0 Å². The first-order chi connectivity index (χ1) is 14.3. The second kappa shape index (κ2) is 10.2. The molecule has 3 rings (SSSR count). The van der Waals surface area contributed by atoms with Crippen molar-refractivity contribution in [1.29, 1.82) is 0 Å². The summed E-state index contributed by atoms with van der Waals surface area (Å²) in [7, 11) is -3.55. The molecule has 6 nitrogen and oxygen atoms in total. The lowest BCUT2D eigenvalue weighted by molar-refractivity contribution is -0.115. The number of carbonyl (C=O) groups excluding carboxylic acids is 1. The maximum atomic E-state index is 12.7. The van der Waals surface area contributed by atoms with Gasteiger partial charge in [-0.2, -0.15) is 4.31 Å². The van der Waals surface area contributed by atoms with E-state index in [0.29, 0.717) is 37.0 Å². The second-order valence-electron chi connectivity index (χ2n) is 6.97. The lowest BCUT2D eigenvalue weighted by Crippen LogP contribution is -2.40. The third kappa shape index (κ3) is 5.56. The molecule has 1 amide bonds. The van der Waals surface area contributed by atoms with Crippen LogP contribution in [0.3, 0.4) is 0 Å². The Morgan fingerprint density at radius 1 is 1.10 bits per heavy atom. The topological polar surface area (TPSA) is 75.7 Å².